The summed E-state index contributed by atoms with van der Waals surface area (Å²) in [5.41, 5.74) is 2.06. The first-order valence-corrected chi connectivity index (χ1v) is 8.57. The molecule has 0 unspecified atom stereocenters. The molecule has 6 nitrogen and oxygen atoms in total. The van der Waals surface area contributed by atoms with Crippen molar-refractivity contribution in [2.45, 2.75) is 6.54 Å². The number of amides is 1. The van der Waals surface area contributed by atoms with E-state index in [-0.39, 0.29) is 17.4 Å². The van der Waals surface area contributed by atoms with Crippen molar-refractivity contribution in [2.75, 3.05) is 19.5 Å². The number of methoxy groups -OCH3 is 2. The lowest BCUT2D eigenvalue weighted by Gasteiger charge is -2.11. The van der Waals surface area contributed by atoms with Crippen molar-refractivity contribution in [1.29, 1.82) is 0 Å². The van der Waals surface area contributed by atoms with Gasteiger partial charge in [0.1, 0.15) is 11.5 Å². The van der Waals surface area contributed by atoms with Gasteiger partial charge in [0.25, 0.3) is 5.91 Å². The van der Waals surface area contributed by atoms with Crippen LogP contribution in [0.25, 0.3) is 0 Å². The second-order valence-corrected chi connectivity index (χ2v) is 5.91. The number of nitrogens with zero attached hydrogens (tertiary/aromatic N) is 1. The van der Waals surface area contributed by atoms with Crippen molar-refractivity contribution in [3.05, 3.63) is 77.9 Å². The molecule has 1 heterocycles. The van der Waals surface area contributed by atoms with E-state index in [1.165, 1.54) is 12.3 Å². The zero-order valence-electron chi connectivity index (χ0n) is 15.5. The SMILES string of the molecule is COc1ccc(CNC(=O)c2ccc(Nc3ccccc3F)cn2)cc1OC. The molecule has 0 aliphatic carbocycles. The number of ether oxygens (including phenoxy) is 2. The molecule has 3 aromatic rings. The molecule has 2 N–H and O–H groups in total. The van der Waals surface area contributed by atoms with Gasteiger partial charge >= 0.3 is 0 Å². The van der Waals surface area contributed by atoms with E-state index in [2.05, 4.69) is 15.6 Å². The van der Waals surface area contributed by atoms with Crippen LogP contribution in [0.2, 0.25) is 0 Å². The smallest absolute Gasteiger partial charge is 0.270 e. The molecule has 1 aromatic heterocycles. The average molecular weight is 381 g/mol. The van der Waals surface area contributed by atoms with Crippen molar-refractivity contribution in [3.8, 4) is 11.5 Å². The number of nitrogens with one attached hydrogen (secondary N) is 2. The molecule has 144 valence electrons. The van der Waals surface area contributed by atoms with E-state index >= 15 is 0 Å². The number of para-hydroxylation sites is 1. The lowest BCUT2D eigenvalue weighted by molar-refractivity contribution is 0.0946. The van der Waals surface area contributed by atoms with E-state index in [0.29, 0.717) is 29.4 Å². The molecule has 0 spiro atoms. The zero-order chi connectivity index (χ0) is 19.9. The fraction of sp³-hybridized carbons (Fsp3) is 0.143. The first kappa shape index (κ1) is 19.2. The molecular weight excluding hydrogens is 361 g/mol. The molecule has 0 saturated heterocycles. The molecule has 3 rings (SSSR count). The van der Waals surface area contributed by atoms with Gasteiger partial charge in [-0.2, -0.15) is 0 Å². The highest BCUT2D eigenvalue weighted by Crippen LogP contribution is 2.27. The van der Waals surface area contributed by atoms with E-state index in [0.717, 1.165) is 5.56 Å². The van der Waals surface area contributed by atoms with Crippen LogP contribution in [0.15, 0.2) is 60.8 Å². The van der Waals surface area contributed by atoms with Gasteiger partial charge < -0.3 is 20.1 Å². The summed E-state index contributed by atoms with van der Waals surface area (Å²) in [5, 5.41) is 5.73. The fourth-order valence-corrected chi connectivity index (χ4v) is 2.58. The van der Waals surface area contributed by atoms with Gasteiger partial charge in [0.2, 0.25) is 0 Å². The molecule has 0 atom stereocenters. The molecule has 0 radical (unpaired) electrons. The Hall–Kier alpha value is -3.61. The molecule has 0 aliphatic rings. The normalized spacial score (nSPS) is 10.2. The topological polar surface area (TPSA) is 72.5 Å². The molecule has 2 aromatic carbocycles. The third-order valence-electron chi connectivity index (χ3n) is 4.05. The summed E-state index contributed by atoms with van der Waals surface area (Å²) in [4.78, 5) is 16.4. The molecule has 0 fully saturated rings. The second-order valence-electron chi connectivity index (χ2n) is 5.91. The van der Waals surface area contributed by atoms with Gasteiger partial charge in [-0.05, 0) is 42.0 Å². The number of anilines is 2. The monoisotopic (exact) mass is 381 g/mol. The maximum absolute atomic E-state index is 13.7. The van der Waals surface area contributed by atoms with Gasteiger partial charge in [-0.1, -0.05) is 18.2 Å². The largest absolute Gasteiger partial charge is 0.493 e. The minimum absolute atomic E-state index is 0.263. The van der Waals surface area contributed by atoms with Crippen molar-refractivity contribution in [1.82, 2.24) is 10.3 Å². The predicted molar refractivity (Wildman–Crippen MR) is 105 cm³/mol. The van der Waals surface area contributed by atoms with Gasteiger partial charge in [0.15, 0.2) is 11.5 Å². The van der Waals surface area contributed by atoms with E-state index in [9.17, 15) is 9.18 Å². The van der Waals surface area contributed by atoms with E-state index < -0.39 is 0 Å². The van der Waals surface area contributed by atoms with Gasteiger partial charge in [0.05, 0.1) is 31.8 Å². The Labute approximate surface area is 162 Å². The molecule has 28 heavy (non-hydrogen) atoms. The number of hydrogen-bond acceptors (Lipinski definition) is 5. The Morgan fingerprint density at radius 3 is 2.50 bits per heavy atom. The van der Waals surface area contributed by atoms with Crippen LogP contribution in [0.5, 0.6) is 11.5 Å². The number of aromatic nitrogens is 1. The number of halogens is 1. The Morgan fingerprint density at radius 2 is 1.82 bits per heavy atom. The standard InChI is InChI=1S/C21H20FN3O3/c1-27-19-10-7-14(11-20(19)28-2)12-24-21(26)18-9-8-15(13-23-18)25-17-6-4-3-5-16(17)22/h3-11,13,25H,12H2,1-2H3,(H,24,26). The molecular formula is C21H20FN3O3. The maximum atomic E-state index is 13.7. The van der Waals surface area contributed by atoms with Crippen LogP contribution >= 0.6 is 0 Å². The highest BCUT2D eigenvalue weighted by Gasteiger charge is 2.09. The summed E-state index contributed by atoms with van der Waals surface area (Å²) in [6, 6.07) is 15.0. The summed E-state index contributed by atoms with van der Waals surface area (Å²) in [5.74, 6) is 0.541. The minimum Gasteiger partial charge on any atom is -0.493 e. The summed E-state index contributed by atoms with van der Waals surface area (Å²) in [6.45, 7) is 0.316. The number of carbonyl (C=O) groups excluding carboxylic acids is 1. The van der Waals surface area contributed by atoms with Crippen molar-refractivity contribution in [2.24, 2.45) is 0 Å². The lowest BCUT2D eigenvalue weighted by atomic mass is 10.2. The molecule has 0 bridgehead atoms. The van der Waals surface area contributed by atoms with Crippen LogP contribution in [0.3, 0.4) is 0 Å². The average Bonchev–Trinajstić information content (AvgIpc) is 2.74. The summed E-state index contributed by atoms with van der Waals surface area (Å²) in [6.07, 6.45) is 1.48. The van der Waals surface area contributed by atoms with E-state index in [1.54, 1.807) is 56.7 Å². The number of hydrogen-bond donors (Lipinski definition) is 2. The van der Waals surface area contributed by atoms with E-state index in [4.69, 9.17) is 9.47 Å². The quantitative estimate of drug-likeness (QED) is 0.649. The first-order chi connectivity index (χ1) is 13.6. The highest BCUT2D eigenvalue weighted by molar-refractivity contribution is 5.92. The van der Waals surface area contributed by atoms with Crippen molar-refractivity contribution in [3.63, 3.8) is 0 Å². The minimum atomic E-state index is -0.362. The van der Waals surface area contributed by atoms with Gasteiger partial charge in [-0.25, -0.2) is 9.37 Å². The fourth-order valence-electron chi connectivity index (χ4n) is 2.58. The van der Waals surface area contributed by atoms with Gasteiger partial charge in [-0.15, -0.1) is 0 Å². The second kappa shape index (κ2) is 8.85. The van der Waals surface area contributed by atoms with Crippen LogP contribution in [-0.2, 0) is 6.54 Å². The summed E-state index contributed by atoms with van der Waals surface area (Å²) < 4.78 is 24.1. The Morgan fingerprint density at radius 1 is 1.04 bits per heavy atom. The number of rotatable bonds is 7. The predicted octanol–water partition coefficient (Wildman–Crippen LogP) is 3.91. The van der Waals surface area contributed by atoms with Gasteiger partial charge in [-0.3, -0.25) is 4.79 Å². The number of pyridine rings is 1. The Kier molecular flexibility index (Phi) is 6.06. The third-order valence-corrected chi connectivity index (χ3v) is 4.05. The lowest BCUT2D eigenvalue weighted by Crippen LogP contribution is -2.23. The maximum Gasteiger partial charge on any atom is 0.270 e. The van der Waals surface area contributed by atoms with Crippen LogP contribution in [-0.4, -0.2) is 25.1 Å². The van der Waals surface area contributed by atoms with Crippen molar-refractivity contribution < 1.29 is 18.7 Å². The van der Waals surface area contributed by atoms with Crippen LogP contribution < -0.4 is 20.1 Å². The molecule has 7 heteroatoms. The van der Waals surface area contributed by atoms with Crippen LogP contribution in [0, 0.1) is 5.82 Å². The van der Waals surface area contributed by atoms with Crippen LogP contribution in [0.4, 0.5) is 15.8 Å². The number of carbonyl (C=O) groups is 1. The Balaban J connectivity index is 1.61. The van der Waals surface area contributed by atoms with Crippen LogP contribution in [0.1, 0.15) is 16.1 Å². The Bertz CT molecular complexity index is 961. The molecule has 0 aliphatic heterocycles. The number of benzene rings is 2. The van der Waals surface area contributed by atoms with Gasteiger partial charge in [0, 0.05) is 6.54 Å². The zero-order valence-corrected chi connectivity index (χ0v) is 15.5. The first-order valence-electron chi connectivity index (χ1n) is 8.57. The highest BCUT2D eigenvalue weighted by atomic mass is 19.1. The van der Waals surface area contributed by atoms with Crippen molar-refractivity contribution >= 4 is 17.3 Å². The van der Waals surface area contributed by atoms with E-state index in [1.807, 2.05) is 6.07 Å². The summed E-state index contributed by atoms with van der Waals surface area (Å²) >= 11 is 0. The summed E-state index contributed by atoms with van der Waals surface area (Å²) in [7, 11) is 3.12. The molecule has 0 saturated carbocycles. The third kappa shape index (κ3) is 4.56. The molecule has 1 amide bonds.